The third-order valence-electron chi connectivity index (χ3n) is 3.51. The highest BCUT2D eigenvalue weighted by molar-refractivity contribution is 6.52. The summed E-state index contributed by atoms with van der Waals surface area (Å²) in [6.07, 6.45) is 0.144. The summed E-state index contributed by atoms with van der Waals surface area (Å²) in [4.78, 5) is 35.3. The number of hydrogen-bond acceptors (Lipinski definition) is 5. The van der Waals surface area contributed by atoms with E-state index in [9.17, 15) is 19.5 Å². The van der Waals surface area contributed by atoms with Gasteiger partial charge in [0.2, 0.25) is 11.6 Å². The number of aliphatic hydroxyl groups is 1. The van der Waals surface area contributed by atoms with E-state index in [0.717, 1.165) is 0 Å². The van der Waals surface area contributed by atoms with Crippen molar-refractivity contribution >= 4 is 23.3 Å². The largest absolute Gasteiger partial charge is 0.507 e. The number of carbonyl (C=O) groups excluding carboxylic acids is 3. The summed E-state index contributed by atoms with van der Waals surface area (Å²) in [5, 5.41) is 10.3. The first-order chi connectivity index (χ1) is 10.2. The van der Waals surface area contributed by atoms with Crippen molar-refractivity contribution < 1.29 is 24.2 Å². The molecular weight excluding hydrogens is 284 g/mol. The fourth-order valence-electron chi connectivity index (χ4n) is 2.41. The first-order valence-electron chi connectivity index (χ1n) is 6.97. The minimum absolute atomic E-state index is 0.0702. The predicted octanol–water partition coefficient (Wildman–Crippen LogP) is 2.70. The zero-order valence-electron chi connectivity index (χ0n) is 12.8. The monoisotopic (exact) mass is 302 g/mol. The van der Waals surface area contributed by atoms with E-state index in [1.807, 2.05) is 0 Å². The van der Waals surface area contributed by atoms with Crippen LogP contribution in [0.2, 0.25) is 0 Å². The average Bonchev–Trinajstić information content (AvgIpc) is 2.47. The van der Waals surface area contributed by atoms with Crippen molar-refractivity contribution in [2.45, 2.75) is 27.2 Å². The molecule has 0 unspecified atom stereocenters. The van der Waals surface area contributed by atoms with Gasteiger partial charge in [0.05, 0.1) is 6.61 Å². The lowest BCUT2D eigenvalue weighted by Gasteiger charge is -2.27. The number of esters is 1. The molecule has 0 saturated heterocycles. The lowest BCUT2D eigenvalue weighted by Crippen LogP contribution is -2.29. The van der Waals surface area contributed by atoms with Crippen molar-refractivity contribution in [2.75, 3.05) is 6.61 Å². The number of Topliss-reactive ketones (excluding diaryl/α,β-unsaturated/α-hetero) is 2. The van der Waals surface area contributed by atoms with E-state index >= 15 is 0 Å². The number of rotatable bonds is 4. The van der Waals surface area contributed by atoms with Crippen LogP contribution in [0.15, 0.2) is 29.8 Å². The Kier molecular flexibility index (Phi) is 4.17. The molecule has 0 spiro atoms. The van der Waals surface area contributed by atoms with Crippen molar-refractivity contribution in [3.05, 3.63) is 41.0 Å². The molecule has 0 atom stereocenters. The van der Waals surface area contributed by atoms with Gasteiger partial charge in [0, 0.05) is 29.0 Å². The highest BCUT2D eigenvalue weighted by atomic mass is 16.5. The lowest BCUT2D eigenvalue weighted by atomic mass is 9.79. The molecule has 1 N–H and O–H groups in total. The zero-order valence-corrected chi connectivity index (χ0v) is 12.8. The second kappa shape index (κ2) is 5.75. The van der Waals surface area contributed by atoms with Crippen LogP contribution in [-0.4, -0.2) is 29.2 Å². The standard InChI is InChI=1S/C17H18O5/c1-10(18)22-9-17(2,3)8-13-14(19)11-6-4-5-7-12(11)15(20)16(13)21/h4-7,19H,8-9H2,1-3H3. The third kappa shape index (κ3) is 3.08. The number of carbonyl (C=O) groups is 3. The highest BCUT2D eigenvalue weighted by Gasteiger charge is 2.35. The van der Waals surface area contributed by atoms with E-state index in [2.05, 4.69) is 0 Å². The van der Waals surface area contributed by atoms with Gasteiger partial charge < -0.3 is 9.84 Å². The predicted molar refractivity (Wildman–Crippen MR) is 80.4 cm³/mol. The first-order valence-corrected chi connectivity index (χ1v) is 6.97. The molecule has 0 aliphatic heterocycles. The van der Waals surface area contributed by atoms with Gasteiger partial charge in [-0.15, -0.1) is 0 Å². The molecule has 5 nitrogen and oxygen atoms in total. The smallest absolute Gasteiger partial charge is 0.302 e. The van der Waals surface area contributed by atoms with Crippen LogP contribution in [-0.2, 0) is 14.3 Å². The molecule has 0 aromatic heterocycles. The van der Waals surface area contributed by atoms with Crippen LogP contribution < -0.4 is 0 Å². The van der Waals surface area contributed by atoms with Crippen LogP contribution >= 0.6 is 0 Å². The molecule has 1 aromatic carbocycles. The minimum atomic E-state index is -0.702. The van der Waals surface area contributed by atoms with Gasteiger partial charge in [0.25, 0.3) is 0 Å². The molecule has 2 rings (SSSR count). The molecule has 0 heterocycles. The Morgan fingerprint density at radius 3 is 2.32 bits per heavy atom. The Morgan fingerprint density at radius 1 is 1.14 bits per heavy atom. The van der Waals surface area contributed by atoms with Crippen molar-refractivity contribution in [1.29, 1.82) is 0 Å². The molecule has 0 saturated carbocycles. The van der Waals surface area contributed by atoms with Gasteiger partial charge in [0.1, 0.15) is 5.76 Å². The van der Waals surface area contributed by atoms with Crippen LogP contribution in [0.25, 0.3) is 5.76 Å². The van der Waals surface area contributed by atoms with Gasteiger partial charge in [-0.05, 0) is 6.42 Å². The number of aliphatic hydroxyl groups excluding tert-OH is 1. The SMILES string of the molecule is CC(=O)OCC(C)(C)CC1=C(O)c2ccccc2C(=O)C1=O. The van der Waals surface area contributed by atoms with Gasteiger partial charge in [-0.3, -0.25) is 14.4 Å². The zero-order chi connectivity index (χ0) is 16.5. The van der Waals surface area contributed by atoms with E-state index in [4.69, 9.17) is 4.74 Å². The molecule has 1 aliphatic rings. The summed E-state index contributed by atoms with van der Waals surface area (Å²) >= 11 is 0. The highest BCUT2D eigenvalue weighted by Crippen LogP contribution is 2.35. The summed E-state index contributed by atoms with van der Waals surface area (Å²) in [6, 6.07) is 6.47. The molecule has 0 amide bonds. The maximum absolute atomic E-state index is 12.2. The fraction of sp³-hybridized carbons (Fsp3) is 0.353. The molecule has 116 valence electrons. The van der Waals surface area contributed by atoms with E-state index in [1.165, 1.54) is 13.0 Å². The second-order valence-corrected chi connectivity index (χ2v) is 6.15. The summed E-state index contributed by atoms with van der Waals surface area (Å²) in [7, 11) is 0. The van der Waals surface area contributed by atoms with Gasteiger partial charge in [-0.2, -0.15) is 0 Å². The Balaban J connectivity index is 2.36. The van der Waals surface area contributed by atoms with Gasteiger partial charge in [-0.25, -0.2) is 0 Å². The van der Waals surface area contributed by atoms with Crippen molar-refractivity contribution in [3.63, 3.8) is 0 Å². The van der Waals surface area contributed by atoms with Crippen molar-refractivity contribution in [3.8, 4) is 0 Å². The number of allylic oxidation sites excluding steroid dienone is 1. The topological polar surface area (TPSA) is 80.7 Å². The van der Waals surface area contributed by atoms with Crippen LogP contribution in [0.4, 0.5) is 0 Å². The lowest BCUT2D eigenvalue weighted by molar-refractivity contribution is -0.143. The quantitative estimate of drug-likeness (QED) is 0.683. The summed E-state index contributed by atoms with van der Waals surface area (Å²) in [6.45, 7) is 5.00. The molecule has 0 fully saturated rings. The third-order valence-corrected chi connectivity index (χ3v) is 3.51. The Hall–Kier alpha value is -2.43. The molecule has 22 heavy (non-hydrogen) atoms. The molecule has 1 aromatic rings. The maximum Gasteiger partial charge on any atom is 0.302 e. The number of ketones is 2. The van der Waals surface area contributed by atoms with Crippen molar-refractivity contribution in [1.82, 2.24) is 0 Å². The Labute approximate surface area is 128 Å². The average molecular weight is 302 g/mol. The fourth-order valence-corrected chi connectivity index (χ4v) is 2.41. The van der Waals surface area contributed by atoms with Gasteiger partial charge in [-0.1, -0.05) is 38.1 Å². The van der Waals surface area contributed by atoms with E-state index in [0.29, 0.717) is 5.56 Å². The first kappa shape index (κ1) is 15.9. The van der Waals surface area contributed by atoms with Crippen LogP contribution in [0.5, 0.6) is 0 Å². The van der Waals surface area contributed by atoms with Crippen LogP contribution in [0, 0.1) is 5.41 Å². The molecule has 0 bridgehead atoms. The maximum atomic E-state index is 12.2. The molecular formula is C17H18O5. The number of fused-ring (bicyclic) bond motifs is 1. The molecule has 0 radical (unpaired) electrons. The number of ether oxygens (including phenoxy) is 1. The minimum Gasteiger partial charge on any atom is -0.507 e. The van der Waals surface area contributed by atoms with Gasteiger partial charge in [0.15, 0.2) is 0 Å². The van der Waals surface area contributed by atoms with E-state index in [1.54, 1.807) is 32.0 Å². The van der Waals surface area contributed by atoms with E-state index in [-0.39, 0.29) is 29.9 Å². The van der Waals surface area contributed by atoms with Crippen LogP contribution in [0.1, 0.15) is 43.1 Å². The van der Waals surface area contributed by atoms with Crippen molar-refractivity contribution in [2.24, 2.45) is 5.41 Å². The second-order valence-electron chi connectivity index (χ2n) is 6.15. The Morgan fingerprint density at radius 2 is 1.73 bits per heavy atom. The Bertz CT molecular complexity index is 682. The summed E-state index contributed by atoms with van der Waals surface area (Å²) in [5.41, 5.74) is 0.0785. The van der Waals surface area contributed by atoms with Crippen LogP contribution in [0.3, 0.4) is 0 Å². The summed E-state index contributed by atoms with van der Waals surface area (Å²) in [5.74, 6) is -1.91. The van der Waals surface area contributed by atoms with E-state index < -0.39 is 23.0 Å². The number of benzene rings is 1. The molecule has 1 aliphatic carbocycles. The normalized spacial score (nSPS) is 14.9. The van der Waals surface area contributed by atoms with Gasteiger partial charge >= 0.3 is 5.97 Å². The number of hydrogen-bond donors (Lipinski definition) is 1. The molecule has 5 heteroatoms. The summed E-state index contributed by atoms with van der Waals surface area (Å²) < 4.78 is 4.98.